The molecule has 1 aliphatic carbocycles. The lowest BCUT2D eigenvalue weighted by molar-refractivity contribution is 0.0762. The van der Waals surface area contributed by atoms with Crippen molar-refractivity contribution in [3.05, 3.63) is 29.8 Å². The molecular weight excluding hydrogens is 352 g/mol. The lowest BCUT2D eigenvalue weighted by Gasteiger charge is -2.46. The molecule has 1 saturated carbocycles. The second-order valence-corrected chi connectivity index (χ2v) is 8.04. The van der Waals surface area contributed by atoms with Gasteiger partial charge in [0.2, 0.25) is 11.9 Å². The van der Waals surface area contributed by atoms with Crippen molar-refractivity contribution >= 4 is 23.5 Å². The number of carbonyl (C=O) groups is 1. The molecule has 1 spiro atoms. The molecule has 1 amide bonds. The molecule has 4 N–H and O–H groups in total. The quantitative estimate of drug-likeness (QED) is 0.821. The predicted octanol–water partition coefficient (Wildman–Crippen LogP) is 2.81. The Morgan fingerprint density at radius 2 is 1.57 bits per heavy atom. The molecule has 7 heteroatoms. The van der Waals surface area contributed by atoms with Crippen molar-refractivity contribution < 1.29 is 4.79 Å². The van der Waals surface area contributed by atoms with Gasteiger partial charge in [0, 0.05) is 13.1 Å². The van der Waals surface area contributed by atoms with Crippen molar-refractivity contribution in [2.75, 3.05) is 18.0 Å². The molecule has 0 unspecified atom stereocenters. The van der Waals surface area contributed by atoms with Crippen molar-refractivity contribution in [1.29, 1.82) is 0 Å². The molecule has 1 aromatic rings. The molecule has 0 atom stereocenters. The lowest BCUT2D eigenvalue weighted by Crippen LogP contribution is -2.58. The average Bonchev–Trinajstić information content (AvgIpc) is 2.97. The third kappa shape index (κ3) is 3.45. The summed E-state index contributed by atoms with van der Waals surface area (Å²) in [6.45, 7) is 1.62. The number of benzene rings is 1. The minimum atomic E-state index is -0.538. The molecule has 2 fully saturated rings. The van der Waals surface area contributed by atoms with Gasteiger partial charge in [0.25, 0.3) is 5.91 Å². The Bertz CT molecular complexity index is 788. The maximum Gasteiger partial charge on any atom is 0.255 e. The molecule has 7 nitrogen and oxygen atoms in total. The summed E-state index contributed by atoms with van der Waals surface area (Å²) in [5, 5.41) is 0. The van der Waals surface area contributed by atoms with Crippen molar-refractivity contribution in [2.24, 2.45) is 21.5 Å². The van der Waals surface area contributed by atoms with Gasteiger partial charge in [-0.25, -0.2) is 4.99 Å². The minimum Gasteiger partial charge on any atom is -0.369 e. The van der Waals surface area contributed by atoms with Crippen LogP contribution in [0.25, 0.3) is 0 Å². The van der Waals surface area contributed by atoms with E-state index in [-0.39, 0.29) is 11.9 Å². The summed E-state index contributed by atoms with van der Waals surface area (Å²) in [5.74, 6) is 0.622. The normalized spacial score (nSPS) is 22.4. The number of hydrogen-bond acceptors (Lipinski definition) is 6. The Kier molecular flexibility index (Phi) is 5.24. The van der Waals surface area contributed by atoms with Gasteiger partial charge in [-0.1, -0.05) is 31.4 Å². The Morgan fingerprint density at radius 3 is 2.29 bits per heavy atom. The number of rotatable bonds is 2. The van der Waals surface area contributed by atoms with Gasteiger partial charge >= 0.3 is 0 Å². The van der Waals surface area contributed by atoms with Crippen LogP contribution in [0, 0.1) is 0 Å². The van der Waals surface area contributed by atoms with Crippen LogP contribution in [-0.2, 0) is 0 Å². The number of hydrogen-bond donors (Lipinski definition) is 2. The number of carbonyl (C=O) groups excluding carboxylic acids is 1. The molecule has 0 aromatic heterocycles. The molecule has 3 aliphatic rings. The molecule has 28 heavy (non-hydrogen) atoms. The van der Waals surface area contributed by atoms with E-state index in [0.717, 1.165) is 57.3 Å². The molecule has 1 aromatic carbocycles. The number of aliphatic imine (C=N–C) groups is 2. The predicted molar refractivity (Wildman–Crippen MR) is 112 cm³/mol. The lowest BCUT2D eigenvalue weighted by atomic mass is 9.87. The van der Waals surface area contributed by atoms with Gasteiger partial charge in [-0.2, -0.15) is 4.99 Å². The first-order valence-electron chi connectivity index (χ1n) is 10.5. The summed E-state index contributed by atoms with van der Waals surface area (Å²) in [6, 6.07) is 7.71. The fourth-order valence-electron chi connectivity index (χ4n) is 4.76. The Hall–Kier alpha value is -2.57. The summed E-state index contributed by atoms with van der Waals surface area (Å²) < 4.78 is 0. The van der Waals surface area contributed by atoms with Gasteiger partial charge in [-0.05, 0) is 50.7 Å². The number of amides is 1. The highest BCUT2D eigenvalue weighted by Gasteiger charge is 2.43. The van der Waals surface area contributed by atoms with Gasteiger partial charge < -0.3 is 16.4 Å². The van der Waals surface area contributed by atoms with Gasteiger partial charge in [-0.15, -0.1) is 0 Å². The summed E-state index contributed by atoms with van der Waals surface area (Å²) in [4.78, 5) is 26.3. The summed E-state index contributed by atoms with van der Waals surface area (Å²) in [5.41, 5.74) is 13.3. The molecule has 2 heterocycles. The number of guanidine groups is 2. The van der Waals surface area contributed by atoms with Crippen molar-refractivity contribution in [1.82, 2.24) is 4.90 Å². The molecule has 4 rings (SSSR count). The van der Waals surface area contributed by atoms with E-state index < -0.39 is 5.66 Å². The molecule has 0 radical (unpaired) electrons. The monoisotopic (exact) mass is 382 g/mol. The van der Waals surface area contributed by atoms with Crippen molar-refractivity contribution in [3.8, 4) is 0 Å². The molecule has 150 valence electrons. The first-order valence-corrected chi connectivity index (χ1v) is 10.5. The Morgan fingerprint density at radius 1 is 0.929 bits per heavy atom. The average molecular weight is 383 g/mol. The zero-order valence-corrected chi connectivity index (χ0v) is 16.4. The highest BCUT2D eigenvalue weighted by molar-refractivity contribution is 6.10. The van der Waals surface area contributed by atoms with Crippen LogP contribution < -0.4 is 16.4 Å². The third-order valence-electron chi connectivity index (χ3n) is 6.12. The largest absolute Gasteiger partial charge is 0.369 e. The zero-order chi connectivity index (χ0) is 19.6. The molecule has 1 saturated heterocycles. The van der Waals surface area contributed by atoms with Crippen LogP contribution in [0.15, 0.2) is 34.3 Å². The number of anilines is 1. The number of nitrogens with zero attached hydrogens (tertiary/aromatic N) is 4. The van der Waals surface area contributed by atoms with Crippen LogP contribution in [0.2, 0.25) is 0 Å². The summed E-state index contributed by atoms with van der Waals surface area (Å²) >= 11 is 0. The van der Waals surface area contributed by atoms with Crippen LogP contribution >= 0.6 is 0 Å². The molecule has 0 bridgehead atoms. The fourth-order valence-corrected chi connectivity index (χ4v) is 4.76. The van der Waals surface area contributed by atoms with E-state index in [0.29, 0.717) is 11.5 Å². The first-order chi connectivity index (χ1) is 13.6. The van der Waals surface area contributed by atoms with E-state index >= 15 is 0 Å². The van der Waals surface area contributed by atoms with Gasteiger partial charge in [0.1, 0.15) is 5.66 Å². The van der Waals surface area contributed by atoms with E-state index in [4.69, 9.17) is 16.5 Å². The van der Waals surface area contributed by atoms with Crippen LogP contribution in [-0.4, -0.2) is 41.5 Å². The number of nitrogens with two attached hydrogens (primary N) is 2. The first kappa shape index (κ1) is 18.8. The van der Waals surface area contributed by atoms with Crippen LogP contribution in [0.3, 0.4) is 0 Å². The summed E-state index contributed by atoms with van der Waals surface area (Å²) in [6.07, 6.45) is 9.51. The maximum absolute atomic E-state index is 13.4. The van der Waals surface area contributed by atoms with Crippen molar-refractivity contribution in [2.45, 2.75) is 63.5 Å². The van der Waals surface area contributed by atoms with E-state index in [1.807, 2.05) is 34.1 Å². The number of para-hydroxylation sites is 1. The standard InChI is InChI=1S/C21H30N6O/c22-19-24-20(23)27(21(25-19)12-6-3-7-13-21)17-11-5-4-10-16(17)18(28)26-14-8-1-2-9-15-26/h4-5,10-11H,1-3,6-9,12-15H2,(H4,22,23,24,25). The van der Waals surface area contributed by atoms with E-state index in [2.05, 4.69) is 4.99 Å². The van der Waals surface area contributed by atoms with E-state index in [9.17, 15) is 4.79 Å². The zero-order valence-electron chi connectivity index (χ0n) is 16.4. The summed E-state index contributed by atoms with van der Waals surface area (Å²) in [7, 11) is 0. The number of likely N-dealkylation sites (tertiary alicyclic amines) is 1. The van der Waals surface area contributed by atoms with Crippen LogP contribution in [0.4, 0.5) is 5.69 Å². The highest BCUT2D eigenvalue weighted by Crippen LogP contribution is 2.40. The second-order valence-electron chi connectivity index (χ2n) is 8.04. The molecular formula is C21H30N6O. The Balaban J connectivity index is 1.74. The van der Waals surface area contributed by atoms with Gasteiger partial charge in [0.05, 0.1) is 11.3 Å². The highest BCUT2D eigenvalue weighted by atomic mass is 16.2. The van der Waals surface area contributed by atoms with Gasteiger partial charge in [0.15, 0.2) is 0 Å². The van der Waals surface area contributed by atoms with Crippen molar-refractivity contribution in [3.63, 3.8) is 0 Å². The van der Waals surface area contributed by atoms with Crippen LogP contribution in [0.5, 0.6) is 0 Å². The minimum absolute atomic E-state index is 0.0683. The van der Waals surface area contributed by atoms with E-state index in [1.54, 1.807) is 0 Å². The van der Waals surface area contributed by atoms with E-state index in [1.165, 1.54) is 19.3 Å². The third-order valence-corrected chi connectivity index (χ3v) is 6.12. The maximum atomic E-state index is 13.4. The smallest absolute Gasteiger partial charge is 0.255 e. The Labute approximate surface area is 166 Å². The van der Waals surface area contributed by atoms with Crippen LogP contribution in [0.1, 0.15) is 68.1 Å². The topological polar surface area (TPSA) is 100 Å². The second kappa shape index (κ2) is 7.81. The fraction of sp³-hybridized carbons (Fsp3) is 0.571. The molecule has 2 aliphatic heterocycles. The SMILES string of the molecule is NC1=NC2(CCCCC2)N(c2ccccc2C(=O)N2CCCCCC2)C(N)=N1. The van der Waals surface area contributed by atoms with Gasteiger partial charge in [-0.3, -0.25) is 9.69 Å².